The van der Waals surface area contributed by atoms with Gasteiger partial charge in [-0.15, -0.1) is 10.2 Å². The number of carbonyl (C=O) groups is 2. The van der Waals surface area contributed by atoms with Gasteiger partial charge in [0, 0.05) is 30.5 Å². The van der Waals surface area contributed by atoms with E-state index >= 15 is 0 Å². The molecule has 0 saturated heterocycles. The molecule has 4 aromatic rings. The molecule has 2 amide bonds. The molecule has 1 fully saturated rings. The Morgan fingerprint density at radius 3 is 2.45 bits per heavy atom. The van der Waals surface area contributed by atoms with Gasteiger partial charge in [0.25, 0.3) is 0 Å². The highest BCUT2D eigenvalue weighted by molar-refractivity contribution is 5.89. The van der Waals surface area contributed by atoms with Gasteiger partial charge in [-0.3, -0.25) is 14.6 Å². The minimum absolute atomic E-state index is 0.124. The molecule has 1 aliphatic rings. The van der Waals surface area contributed by atoms with Crippen LogP contribution in [0.3, 0.4) is 0 Å². The van der Waals surface area contributed by atoms with E-state index in [0.29, 0.717) is 18.8 Å². The Kier molecular flexibility index (Phi) is 8.59. The van der Waals surface area contributed by atoms with Crippen LogP contribution < -0.4 is 5.32 Å². The molecule has 206 valence electrons. The lowest BCUT2D eigenvalue weighted by molar-refractivity contribution is -0.142. The van der Waals surface area contributed by atoms with Crippen molar-refractivity contribution in [1.29, 1.82) is 0 Å². The van der Waals surface area contributed by atoms with E-state index in [1.807, 2.05) is 43.3 Å². The van der Waals surface area contributed by atoms with Crippen LogP contribution in [0.2, 0.25) is 0 Å². The fourth-order valence-corrected chi connectivity index (χ4v) is 5.24. The lowest BCUT2D eigenvalue weighted by atomic mass is 10.0. The molecule has 1 N–H and O–H groups in total. The van der Waals surface area contributed by atoms with Crippen molar-refractivity contribution in [3.63, 3.8) is 0 Å². The van der Waals surface area contributed by atoms with Gasteiger partial charge in [0.2, 0.25) is 17.6 Å². The first-order valence-corrected chi connectivity index (χ1v) is 13.9. The zero-order valence-corrected chi connectivity index (χ0v) is 23.0. The second-order valence-corrected chi connectivity index (χ2v) is 10.4. The Morgan fingerprint density at radius 2 is 1.73 bits per heavy atom. The van der Waals surface area contributed by atoms with Gasteiger partial charge >= 0.3 is 0 Å². The normalized spacial score (nSPS) is 14.2. The van der Waals surface area contributed by atoms with Crippen LogP contribution in [-0.2, 0) is 22.6 Å². The number of hydrogen-bond donors (Lipinski definition) is 1. The van der Waals surface area contributed by atoms with Crippen molar-refractivity contribution in [1.82, 2.24) is 35.4 Å². The summed E-state index contributed by atoms with van der Waals surface area (Å²) in [5.41, 5.74) is 4.95. The van der Waals surface area contributed by atoms with Crippen molar-refractivity contribution in [2.75, 3.05) is 6.54 Å². The number of aryl methyl sites for hydroxylation is 2. The molecule has 0 unspecified atom stereocenters. The van der Waals surface area contributed by atoms with Crippen molar-refractivity contribution in [3.05, 3.63) is 95.3 Å². The van der Waals surface area contributed by atoms with Crippen LogP contribution >= 0.6 is 0 Å². The lowest BCUT2D eigenvalue weighted by Crippen LogP contribution is -2.47. The summed E-state index contributed by atoms with van der Waals surface area (Å²) in [6, 6.07) is 18.9. The standard InChI is InChI=1S/C31H35N7O2/c1-22-11-13-26(14-12-22)30-34-36-38(35-30)21-28(39)37(20-17-24-8-4-3-7-23(24)2)29(25-15-18-32-19-16-25)31(40)33-27-9-5-6-10-27/h3-4,7-8,11-16,18-19,27,29H,5-6,9-10,17,20-21H2,1-2H3,(H,33,40)/t29-/m1/s1. The largest absolute Gasteiger partial charge is 0.351 e. The average molecular weight is 538 g/mol. The SMILES string of the molecule is Cc1ccc(-c2nnn(CC(=O)N(CCc3ccccc3C)[C@@H](C(=O)NC3CCCC3)c3ccncc3)n2)cc1. The van der Waals surface area contributed by atoms with E-state index < -0.39 is 6.04 Å². The summed E-state index contributed by atoms with van der Waals surface area (Å²) in [7, 11) is 0. The molecule has 9 nitrogen and oxygen atoms in total. The number of nitrogens with zero attached hydrogens (tertiary/aromatic N) is 6. The van der Waals surface area contributed by atoms with Crippen LogP contribution in [0, 0.1) is 13.8 Å². The average Bonchev–Trinajstić information content (AvgIpc) is 3.65. The molecular weight excluding hydrogens is 502 g/mol. The lowest BCUT2D eigenvalue weighted by Gasteiger charge is -2.32. The van der Waals surface area contributed by atoms with Gasteiger partial charge in [-0.05, 0) is 67.1 Å². The minimum Gasteiger partial charge on any atom is -0.351 e. The second kappa shape index (κ2) is 12.6. The number of benzene rings is 2. The summed E-state index contributed by atoms with van der Waals surface area (Å²) in [6.07, 6.45) is 8.03. The number of pyridine rings is 1. The summed E-state index contributed by atoms with van der Waals surface area (Å²) in [5.74, 6) is 0.0110. The zero-order chi connectivity index (χ0) is 27.9. The first-order valence-electron chi connectivity index (χ1n) is 13.9. The molecule has 1 atom stereocenters. The highest BCUT2D eigenvalue weighted by Crippen LogP contribution is 2.25. The van der Waals surface area contributed by atoms with Crippen LogP contribution in [-0.4, -0.2) is 54.5 Å². The van der Waals surface area contributed by atoms with Gasteiger partial charge in [-0.2, -0.15) is 4.80 Å². The van der Waals surface area contributed by atoms with E-state index in [9.17, 15) is 9.59 Å². The zero-order valence-electron chi connectivity index (χ0n) is 23.0. The van der Waals surface area contributed by atoms with Crippen LogP contribution in [0.15, 0.2) is 73.1 Å². The van der Waals surface area contributed by atoms with Gasteiger partial charge in [-0.1, -0.05) is 66.9 Å². The molecule has 9 heteroatoms. The molecule has 2 aromatic heterocycles. The van der Waals surface area contributed by atoms with E-state index in [4.69, 9.17) is 0 Å². The van der Waals surface area contributed by atoms with Crippen molar-refractivity contribution in [2.45, 2.75) is 64.6 Å². The van der Waals surface area contributed by atoms with Crippen LogP contribution in [0.1, 0.15) is 54.0 Å². The number of aromatic nitrogens is 5. The quantitative estimate of drug-likeness (QED) is 0.325. The van der Waals surface area contributed by atoms with E-state index in [0.717, 1.165) is 53.5 Å². The fraction of sp³-hybridized carbons (Fsp3) is 0.355. The number of carbonyl (C=O) groups excluding carboxylic acids is 2. The van der Waals surface area contributed by atoms with Gasteiger partial charge in [0.15, 0.2) is 0 Å². The number of hydrogen-bond acceptors (Lipinski definition) is 6. The predicted octanol–water partition coefficient (Wildman–Crippen LogP) is 4.22. The number of tetrazole rings is 1. The van der Waals surface area contributed by atoms with E-state index in [2.05, 4.69) is 44.8 Å². The smallest absolute Gasteiger partial charge is 0.247 e. The van der Waals surface area contributed by atoms with Crippen LogP contribution in [0.5, 0.6) is 0 Å². The van der Waals surface area contributed by atoms with Crippen LogP contribution in [0.4, 0.5) is 0 Å². The Bertz CT molecular complexity index is 1430. The number of amides is 2. The summed E-state index contributed by atoms with van der Waals surface area (Å²) < 4.78 is 0. The first kappa shape index (κ1) is 27.2. The third-order valence-corrected chi connectivity index (χ3v) is 7.53. The molecule has 5 rings (SSSR count). The molecule has 0 aliphatic heterocycles. The van der Waals surface area contributed by atoms with Crippen molar-refractivity contribution in [2.24, 2.45) is 0 Å². The van der Waals surface area contributed by atoms with Crippen molar-refractivity contribution in [3.8, 4) is 11.4 Å². The van der Waals surface area contributed by atoms with E-state index in [1.54, 1.807) is 29.4 Å². The Hall–Kier alpha value is -4.40. The minimum atomic E-state index is -0.805. The maximum atomic E-state index is 14.0. The maximum absolute atomic E-state index is 14.0. The first-order chi connectivity index (χ1) is 19.5. The van der Waals surface area contributed by atoms with Crippen molar-refractivity contribution < 1.29 is 9.59 Å². The highest BCUT2D eigenvalue weighted by atomic mass is 16.2. The molecule has 1 aliphatic carbocycles. The number of nitrogens with one attached hydrogen (secondary N) is 1. The van der Waals surface area contributed by atoms with E-state index in [1.165, 1.54) is 4.80 Å². The topological polar surface area (TPSA) is 106 Å². The molecule has 2 aromatic carbocycles. The molecule has 40 heavy (non-hydrogen) atoms. The monoisotopic (exact) mass is 537 g/mol. The predicted molar refractivity (Wildman–Crippen MR) is 152 cm³/mol. The fourth-order valence-electron chi connectivity index (χ4n) is 5.24. The summed E-state index contributed by atoms with van der Waals surface area (Å²) >= 11 is 0. The second-order valence-electron chi connectivity index (χ2n) is 10.4. The molecular formula is C31H35N7O2. The van der Waals surface area contributed by atoms with Crippen molar-refractivity contribution >= 4 is 11.8 Å². The van der Waals surface area contributed by atoms with Crippen LogP contribution in [0.25, 0.3) is 11.4 Å². The molecule has 0 spiro atoms. The summed E-state index contributed by atoms with van der Waals surface area (Å²) in [4.78, 5) is 34.9. The van der Waals surface area contributed by atoms with Gasteiger partial charge in [0.1, 0.15) is 12.6 Å². The maximum Gasteiger partial charge on any atom is 0.247 e. The third kappa shape index (κ3) is 6.59. The van der Waals surface area contributed by atoms with Gasteiger partial charge in [0.05, 0.1) is 0 Å². The van der Waals surface area contributed by atoms with E-state index in [-0.39, 0.29) is 24.4 Å². The Labute approximate surface area is 234 Å². The molecule has 1 saturated carbocycles. The molecule has 2 heterocycles. The van der Waals surface area contributed by atoms with Gasteiger partial charge in [-0.25, -0.2) is 0 Å². The Balaban J connectivity index is 1.43. The molecule has 0 bridgehead atoms. The summed E-state index contributed by atoms with van der Waals surface area (Å²) in [5, 5.41) is 16.0. The highest BCUT2D eigenvalue weighted by Gasteiger charge is 2.33. The Morgan fingerprint density at radius 1 is 1.00 bits per heavy atom. The third-order valence-electron chi connectivity index (χ3n) is 7.53. The van der Waals surface area contributed by atoms with Gasteiger partial charge < -0.3 is 10.2 Å². The summed E-state index contributed by atoms with van der Waals surface area (Å²) in [6.45, 7) is 4.29. The number of rotatable bonds is 10. The molecule has 0 radical (unpaired) electrons.